The molecule has 0 spiro atoms. The van der Waals surface area contributed by atoms with Gasteiger partial charge in [-0.05, 0) is 18.1 Å². The van der Waals surface area contributed by atoms with E-state index in [0.29, 0.717) is 19.6 Å². The maximum atomic E-state index is 12.8. The molecule has 1 aromatic carbocycles. The third-order valence-electron chi connectivity index (χ3n) is 4.44. The third-order valence-corrected chi connectivity index (χ3v) is 4.44. The van der Waals surface area contributed by atoms with E-state index in [1.165, 1.54) is 0 Å². The van der Waals surface area contributed by atoms with Crippen molar-refractivity contribution >= 4 is 17.5 Å². The van der Waals surface area contributed by atoms with Crippen molar-refractivity contribution in [3.8, 4) is 12.1 Å². The second kappa shape index (κ2) is 8.84. The van der Waals surface area contributed by atoms with Gasteiger partial charge in [0.1, 0.15) is 0 Å². The minimum absolute atomic E-state index is 0.0558. The van der Waals surface area contributed by atoms with E-state index in [1.54, 1.807) is 9.80 Å². The zero-order valence-corrected chi connectivity index (χ0v) is 14.4. The van der Waals surface area contributed by atoms with Crippen LogP contribution in [-0.4, -0.2) is 36.3 Å². The fourth-order valence-corrected chi connectivity index (χ4v) is 3.14. The van der Waals surface area contributed by atoms with Crippen LogP contribution in [0.5, 0.6) is 0 Å². The van der Waals surface area contributed by atoms with Crippen LogP contribution < -0.4 is 4.90 Å². The molecular formula is C19H22N4O2. The molecular weight excluding hydrogens is 316 g/mol. The second-order valence-electron chi connectivity index (χ2n) is 6.03. The lowest BCUT2D eigenvalue weighted by atomic mass is 10.1. The van der Waals surface area contributed by atoms with E-state index in [-0.39, 0.29) is 31.1 Å². The molecule has 1 unspecified atom stereocenters. The molecule has 0 aromatic heterocycles. The highest BCUT2D eigenvalue weighted by Crippen LogP contribution is 2.29. The van der Waals surface area contributed by atoms with Gasteiger partial charge in [-0.2, -0.15) is 10.5 Å². The first kappa shape index (κ1) is 18.5. The monoisotopic (exact) mass is 338 g/mol. The molecule has 1 aliphatic heterocycles. The molecule has 2 amide bonds. The summed E-state index contributed by atoms with van der Waals surface area (Å²) in [5, 5.41) is 17.5. The lowest BCUT2D eigenvalue weighted by molar-refractivity contribution is -0.135. The molecule has 6 nitrogen and oxygen atoms in total. The average Bonchev–Trinajstić information content (AvgIpc) is 3.03. The number of hydrogen-bond acceptors (Lipinski definition) is 4. The molecule has 6 heteroatoms. The molecule has 0 aliphatic carbocycles. The van der Waals surface area contributed by atoms with Gasteiger partial charge in [0, 0.05) is 31.7 Å². The van der Waals surface area contributed by atoms with Crippen molar-refractivity contribution in [3.05, 3.63) is 29.8 Å². The Morgan fingerprint density at radius 3 is 2.48 bits per heavy atom. The van der Waals surface area contributed by atoms with Gasteiger partial charge in [-0.15, -0.1) is 0 Å². The van der Waals surface area contributed by atoms with Gasteiger partial charge in [0.05, 0.1) is 30.9 Å². The number of benzene rings is 1. The number of nitriles is 2. The van der Waals surface area contributed by atoms with Gasteiger partial charge in [-0.3, -0.25) is 9.59 Å². The molecule has 1 atom stereocenters. The van der Waals surface area contributed by atoms with E-state index in [2.05, 4.69) is 0 Å². The Bertz CT molecular complexity index is 699. The molecule has 1 heterocycles. The smallest absolute Gasteiger partial charge is 0.228 e. The van der Waals surface area contributed by atoms with Crippen LogP contribution in [0.4, 0.5) is 5.69 Å². The molecule has 0 bridgehead atoms. The Hall–Kier alpha value is -2.86. The van der Waals surface area contributed by atoms with Gasteiger partial charge in [-0.1, -0.05) is 25.1 Å². The Morgan fingerprint density at radius 1 is 1.24 bits per heavy atom. The standard InChI is InChI=1S/C19H22N4O2/c1-2-15-7-3-4-8-17(15)23-14-16(13-18(23)24)19(25)22(11-5-9-20)12-6-10-21/h3-4,7-8,16H,2,5-6,11-14H2,1H3. The summed E-state index contributed by atoms with van der Waals surface area (Å²) in [7, 11) is 0. The van der Waals surface area contributed by atoms with E-state index in [0.717, 1.165) is 17.7 Å². The number of nitrogens with zero attached hydrogens (tertiary/aromatic N) is 4. The minimum atomic E-state index is -0.421. The van der Waals surface area contributed by atoms with Crippen LogP contribution in [-0.2, 0) is 16.0 Å². The molecule has 130 valence electrons. The number of carbonyl (C=O) groups is 2. The maximum Gasteiger partial charge on any atom is 0.228 e. The van der Waals surface area contributed by atoms with Gasteiger partial charge >= 0.3 is 0 Å². The zero-order chi connectivity index (χ0) is 18.2. The molecule has 0 N–H and O–H groups in total. The third kappa shape index (κ3) is 4.36. The van der Waals surface area contributed by atoms with Gasteiger partial charge in [0.2, 0.25) is 11.8 Å². The number of amides is 2. The van der Waals surface area contributed by atoms with Crippen LogP contribution in [0.2, 0.25) is 0 Å². The number of hydrogen-bond donors (Lipinski definition) is 0. The van der Waals surface area contributed by atoms with Crippen LogP contribution in [0.25, 0.3) is 0 Å². The number of rotatable bonds is 7. The molecule has 1 saturated heterocycles. The quantitative estimate of drug-likeness (QED) is 0.763. The number of aryl methyl sites for hydroxylation is 1. The van der Waals surface area contributed by atoms with Crippen LogP contribution >= 0.6 is 0 Å². The summed E-state index contributed by atoms with van der Waals surface area (Å²) in [6.07, 6.45) is 1.43. The minimum Gasteiger partial charge on any atom is -0.340 e. The molecule has 1 aliphatic rings. The number of para-hydroxylation sites is 1. The van der Waals surface area contributed by atoms with E-state index in [1.807, 2.05) is 43.3 Å². The number of carbonyl (C=O) groups excluding carboxylic acids is 2. The molecule has 0 radical (unpaired) electrons. The largest absolute Gasteiger partial charge is 0.340 e. The summed E-state index contributed by atoms with van der Waals surface area (Å²) < 4.78 is 0. The van der Waals surface area contributed by atoms with Crippen LogP contribution in [0.15, 0.2) is 24.3 Å². The first-order valence-corrected chi connectivity index (χ1v) is 8.53. The maximum absolute atomic E-state index is 12.8. The van der Waals surface area contributed by atoms with Gasteiger partial charge < -0.3 is 9.80 Å². The first-order valence-electron chi connectivity index (χ1n) is 8.53. The van der Waals surface area contributed by atoms with Crippen LogP contribution in [0, 0.1) is 28.6 Å². The summed E-state index contributed by atoms with van der Waals surface area (Å²) in [6.45, 7) is 2.98. The van der Waals surface area contributed by atoms with Gasteiger partial charge in [-0.25, -0.2) is 0 Å². The predicted octanol–water partition coefficient (Wildman–Crippen LogP) is 2.26. The van der Waals surface area contributed by atoms with E-state index in [4.69, 9.17) is 10.5 Å². The van der Waals surface area contributed by atoms with Crippen molar-refractivity contribution in [1.82, 2.24) is 4.90 Å². The Labute approximate surface area is 148 Å². The lowest BCUT2D eigenvalue weighted by Crippen LogP contribution is -2.38. The van der Waals surface area contributed by atoms with E-state index in [9.17, 15) is 9.59 Å². The highest BCUT2D eigenvalue weighted by molar-refractivity contribution is 6.00. The predicted molar refractivity (Wildman–Crippen MR) is 93.3 cm³/mol. The normalized spacial score (nSPS) is 16.4. The van der Waals surface area contributed by atoms with E-state index >= 15 is 0 Å². The van der Waals surface area contributed by atoms with Crippen molar-refractivity contribution in [2.24, 2.45) is 5.92 Å². The average molecular weight is 338 g/mol. The van der Waals surface area contributed by atoms with E-state index < -0.39 is 5.92 Å². The van der Waals surface area contributed by atoms with Crippen molar-refractivity contribution in [1.29, 1.82) is 10.5 Å². The topological polar surface area (TPSA) is 88.2 Å². The Morgan fingerprint density at radius 2 is 1.88 bits per heavy atom. The summed E-state index contributed by atoms with van der Waals surface area (Å²) >= 11 is 0. The van der Waals surface area contributed by atoms with Crippen molar-refractivity contribution in [2.45, 2.75) is 32.6 Å². The zero-order valence-electron chi connectivity index (χ0n) is 14.4. The SMILES string of the molecule is CCc1ccccc1N1CC(C(=O)N(CCC#N)CCC#N)CC1=O. The van der Waals surface area contributed by atoms with Crippen molar-refractivity contribution in [2.75, 3.05) is 24.5 Å². The summed E-state index contributed by atoms with van der Waals surface area (Å²) in [5.74, 6) is -0.620. The molecule has 1 fully saturated rings. The summed E-state index contributed by atoms with van der Waals surface area (Å²) in [4.78, 5) is 28.5. The molecule has 2 rings (SSSR count). The van der Waals surface area contributed by atoms with Gasteiger partial charge in [0.15, 0.2) is 0 Å². The highest BCUT2D eigenvalue weighted by atomic mass is 16.2. The van der Waals surface area contributed by atoms with Crippen molar-refractivity contribution < 1.29 is 9.59 Å². The Balaban J connectivity index is 2.13. The first-order chi connectivity index (χ1) is 12.1. The lowest BCUT2D eigenvalue weighted by Gasteiger charge is -2.24. The van der Waals surface area contributed by atoms with Crippen molar-refractivity contribution in [3.63, 3.8) is 0 Å². The second-order valence-corrected chi connectivity index (χ2v) is 6.03. The highest BCUT2D eigenvalue weighted by Gasteiger charge is 2.37. The van der Waals surface area contributed by atoms with Crippen LogP contribution in [0.1, 0.15) is 31.7 Å². The Kier molecular flexibility index (Phi) is 6.54. The van der Waals surface area contributed by atoms with Crippen LogP contribution in [0.3, 0.4) is 0 Å². The fourth-order valence-electron chi connectivity index (χ4n) is 3.14. The number of anilines is 1. The summed E-state index contributed by atoms with van der Waals surface area (Å²) in [5.41, 5.74) is 1.95. The molecule has 0 saturated carbocycles. The fraction of sp³-hybridized carbons (Fsp3) is 0.474. The molecule has 25 heavy (non-hydrogen) atoms. The summed E-state index contributed by atoms with van der Waals surface area (Å²) in [6, 6.07) is 11.8. The van der Waals surface area contributed by atoms with Gasteiger partial charge in [0.25, 0.3) is 0 Å². The molecule has 1 aromatic rings.